The van der Waals surface area contributed by atoms with Crippen LogP contribution < -0.4 is 5.48 Å². The molecule has 0 saturated carbocycles. The SMILES string of the molecule is C=NCc1ccc(CNOC)s1. The maximum atomic E-state index is 4.74. The molecule has 66 valence electrons. The summed E-state index contributed by atoms with van der Waals surface area (Å²) in [6, 6.07) is 4.13. The molecule has 0 bridgehead atoms. The Morgan fingerprint density at radius 3 is 3.00 bits per heavy atom. The van der Waals surface area contributed by atoms with Crippen LogP contribution >= 0.6 is 11.3 Å². The van der Waals surface area contributed by atoms with Gasteiger partial charge in [-0.3, -0.25) is 4.99 Å². The van der Waals surface area contributed by atoms with Gasteiger partial charge in [0.15, 0.2) is 0 Å². The van der Waals surface area contributed by atoms with E-state index in [9.17, 15) is 0 Å². The Kier molecular flexibility index (Phi) is 3.93. The average Bonchev–Trinajstić information content (AvgIpc) is 2.50. The molecule has 1 aromatic rings. The lowest BCUT2D eigenvalue weighted by molar-refractivity contribution is 0.0874. The molecule has 1 aromatic heterocycles. The van der Waals surface area contributed by atoms with Crippen LogP contribution in [0.15, 0.2) is 17.1 Å². The maximum absolute atomic E-state index is 4.74. The first-order chi connectivity index (χ1) is 5.86. The molecule has 1 heterocycles. The predicted octanol–water partition coefficient (Wildman–Crippen LogP) is 1.60. The third-order valence-corrected chi connectivity index (χ3v) is 2.45. The van der Waals surface area contributed by atoms with Crippen LogP contribution in [-0.2, 0) is 17.9 Å². The molecule has 1 N–H and O–H groups in total. The number of aliphatic imine (C=N–C) groups is 1. The zero-order chi connectivity index (χ0) is 8.81. The van der Waals surface area contributed by atoms with Crippen molar-refractivity contribution in [3.8, 4) is 0 Å². The molecule has 0 unspecified atom stereocenters. The molecule has 0 spiro atoms. The van der Waals surface area contributed by atoms with Crippen molar-refractivity contribution in [2.75, 3.05) is 7.11 Å². The van der Waals surface area contributed by atoms with E-state index < -0.39 is 0 Å². The van der Waals surface area contributed by atoms with E-state index in [2.05, 4.69) is 29.3 Å². The fourth-order valence-electron chi connectivity index (χ4n) is 0.856. The van der Waals surface area contributed by atoms with Crippen molar-refractivity contribution in [3.63, 3.8) is 0 Å². The molecule has 3 nitrogen and oxygen atoms in total. The molecular formula is C8H12N2OS. The summed E-state index contributed by atoms with van der Waals surface area (Å²) in [6.45, 7) is 4.90. The van der Waals surface area contributed by atoms with Gasteiger partial charge in [0, 0.05) is 9.75 Å². The largest absolute Gasteiger partial charge is 0.305 e. The number of hydrogen-bond acceptors (Lipinski definition) is 4. The second kappa shape index (κ2) is 5.03. The topological polar surface area (TPSA) is 33.6 Å². The van der Waals surface area contributed by atoms with E-state index in [1.165, 1.54) is 9.75 Å². The van der Waals surface area contributed by atoms with Crippen molar-refractivity contribution < 1.29 is 4.84 Å². The van der Waals surface area contributed by atoms with Crippen LogP contribution in [0.4, 0.5) is 0 Å². The van der Waals surface area contributed by atoms with Gasteiger partial charge in [-0.25, -0.2) is 0 Å². The molecule has 0 atom stereocenters. The standard InChI is InChI=1S/C8H12N2OS/c1-9-5-7-3-4-8(12-7)6-10-11-2/h3-4,10H,1,5-6H2,2H3. The molecule has 1 rings (SSSR count). The van der Waals surface area contributed by atoms with Crippen molar-refractivity contribution in [2.24, 2.45) is 4.99 Å². The highest BCUT2D eigenvalue weighted by Crippen LogP contribution is 2.16. The van der Waals surface area contributed by atoms with E-state index in [4.69, 9.17) is 4.84 Å². The van der Waals surface area contributed by atoms with Crippen LogP contribution in [-0.4, -0.2) is 13.8 Å². The molecule has 0 aromatic carbocycles. The predicted molar refractivity (Wildman–Crippen MR) is 51.4 cm³/mol. The minimum Gasteiger partial charge on any atom is -0.305 e. The molecule has 4 heteroatoms. The van der Waals surface area contributed by atoms with Gasteiger partial charge < -0.3 is 4.84 Å². The van der Waals surface area contributed by atoms with Crippen molar-refractivity contribution >= 4 is 18.1 Å². The Balaban J connectivity index is 2.46. The number of nitrogens with zero attached hydrogens (tertiary/aromatic N) is 1. The average molecular weight is 184 g/mol. The molecule has 0 saturated heterocycles. The molecule has 0 aliphatic rings. The molecule has 0 radical (unpaired) electrons. The summed E-state index contributed by atoms with van der Waals surface area (Å²) in [4.78, 5) is 11.0. The normalized spacial score (nSPS) is 10.1. The summed E-state index contributed by atoms with van der Waals surface area (Å²) in [5.41, 5.74) is 2.78. The van der Waals surface area contributed by atoms with E-state index in [0.717, 1.165) is 6.54 Å². The van der Waals surface area contributed by atoms with Crippen LogP contribution in [0.5, 0.6) is 0 Å². The Bertz CT molecular complexity index is 247. The summed E-state index contributed by atoms with van der Waals surface area (Å²) in [7, 11) is 1.61. The summed E-state index contributed by atoms with van der Waals surface area (Å²) in [5, 5.41) is 0. The fourth-order valence-corrected chi connectivity index (χ4v) is 1.75. The first-order valence-electron chi connectivity index (χ1n) is 3.62. The van der Waals surface area contributed by atoms with Gasteiger partial charge in [-0.05, 0) is 18.9 Å². The smallest absolute Gasteiger partial charge is 0.0725 e. The molecule has 0 aliphatic carbocycles. The lowest BCUT2D eigenvalue weighted by Crippen LogP contribution is -2.09. The monoisotopic (exact) mass is 184 g/mol. The van der Waals surface area contributed by atoms with Gasteiger partial charge in [-0.1, -0.05) is 0 Å². The van der Waals surface area contributed by atoms with Gasteiger partial charge in [0.25, 0.3) is 0 Å². The van der Waals surface area contributed by atoms with E-state index >= 15 is 0 Å². The lowest BCUT2D eigenvalue weighted by atomic mass is 10.4. The number of hydroxylamine groups is 1. The number of rotatable bonds is 5. The van der Waals surface area contributed by atoms with Crippen molar-refractivity contribution in [1.29, 1.82) is 0 Å². The van der Waals surface area contributed by atoms with E-state index in [1.54, 1.807) is 18.4 Å². The van der Waals surface area contributed by atoms with Crippen molar-refractivity contribution in [3.05, 3.63) is 21.9 Å². The zero-order valence-corrected chi connectivity index (χ0v) is 7.86. The van der Waals surface area contributed by atoms with Crippen LogP contribution in [0.1, 0.15) is 9.75 Å². The summed E-state index contributed by atoms with van der Waals surface area (Å²) < 4.78 is 0. The van der Waals surface area contributed by atoms with Crippen LogP contribution in [0.25, 0.3) is 0 Å². The molecule has 0 amide bonds. The minimum absolute atomic E-state index is 0.706. The quantitative estimate of drug-likeness (QED) is 0.557. The molecular weight excluding hydrogens is 172 g/mol. The lowest BCUT2D eigenvalue weighted by Gasteiger charge is -1.96. The number of hydrogen-bond donors (Lipinski definition) is 1. The van der Waals surface area contributed by atoms with E-state index in [1.807, 2.05) is 0 Å². The minimum atomic E-state index is 0.706. The van der Waals surface area contributed by atoms with Gasteiger partial charge in [-0.15, -0.1) is 11.3 Å². The summed E-state index contributed by atoms with van der Waals surface area (Å²) in [6.07, 6.45) is 0. The first kappa shape index (κ1) is 9.38. The number of nitrogens with one attached hydrogen (secondary N) is 1. The summed E-state index contributed by atoms with van der Waals surface area (Å²) >= 11 is 1.72. The van der Waals surface area contributed by atoms with Crippen LogP contribution in [0.2, 0.25) is 0 Å². The Labute approximate surface area is 76.0 Å². The first-order valence-corrected chi connectivity index (χ1v) is 4.44. The molecule has 0 aliphatic heterocycles. The van der Waals surface area contributed by atoms with Crippen molar-refractivity contribution in [1.82, 2.24) is 5.48 Å². The van der Waals surface area contributed by atoms with Gasteiger partial charge in [0.2, 0.25) is 0 Å². The number of thiophene rings is 1. The van der Waals surface area contributed by atoms with Crippen LogP contribution in [0, 0.1) is 0 Å². The molecule has 12 heavy (non-hydrogen) atoms. The summed E-state index contributed by atoms with van der Waals surface area (Å²) in [5.74, 6) is 0. The fraction of sp³-hybridized carbons (Fsp3) is 0.375. The highest BCUT2D eigenvalue weighted by Gasteiger charge is 1.97. The second-order valence-electron chi connectivity index (χ2n) is 2.27. The highest BCUT2D eigenvalue weighted by molar-refractivity contribution is 7.11. The van der Waals surface area contributed by atoms with Gasteiger partial charge in [-0.2, -0.15) is 5.48 Å². The third-order valence-electron chi connectivity index (χ3n) is 1.38. The van der Waals surface area contributed by atoms with Gasteiger partial charge in [0.05, 0.1) is 20.2 Å². The second-order valence-corrected chi connectivity index (χ2v) is 3.53. The Morgan fingerprint density at radius 1 is 1.58 bits per heavy atom. The third kappa shape index (κ3) is 2.73. The Hall–Kier alpha value is -0.710. The van der Waals surface area contributed by atoms with Crippen molar-refractivity contribution in [2.45, 2.75) is 13.1 Å². The van der Waals surface area contributed by atoms with Gasteiger partial charge in [0.1, 0.15) is 0 Å². The highest BCUT2D eigenvalue weighted by atomic mass is 32.1. The maximum Gasteiger partial charge on any atom is 0.0725 e. The molecule has 0 fully saturated rings. The van der Waals surface area contributed by atoms with Gasteiger partial charge >= 0.3 is 0 Å². The van der Waals surface area contributed by atoms with E-state index in [0.29, 0.717) is 6.54 Å². The van der Waals surface area contributed by atoms with E-state index in [-0.39, 0.29) is 0 Å². The van der Waals surface area contributed by atoms with Crippen LogP contribution in [0.3, 0.4) is 0 Å². The zero-order valence-electron chi connectivity index (χ0n) is 7.04. The Morgan fingerprint density at radius 2 is 2.33 bits per heavy atom.